The molecule has 0 saturated carbocycles. The highest BCUT2D eigenvalue weighted by atomic mass is 32.1. The van der Waals surface area contributed by atoms with Crippen molar-refractivity contribution in [2.75, 3.05) is 14.1 Å². The zero-order valence-corrected chi connectivity index (χ0v) is 14.1. The Kier molecular flexibility index (Phi) is 5.10. The van der Waals surface area contributed by atoms with E-state index in [0.717, 1.165) is 16.9 Å². The number of carbonyl (C=O) groups is 2. The Bertz CT molecular complexity index is 725. The second-order valence-electron chi connectivity index (χ2n) is 5.22. The topological polar surface area (TPSA) is 59.5 Å². The first-order valence-electron chi connectivity index (χ1n) is 6.95. The van der Waals surface area contributed by atoms with Gasteiger partial charge in [-0.15, -0.1) is 11.3 Å². The molecule has 0 unspecified atom stereocenters. The number of hydrogen-bond donors (Lipinski definition) is 0. The molecular formula is C16H17FN2O3S. The zero-order chi connectivity index (χ0) is 17.1. The number of ether oxygens (including phenoxy) is 1. The molecule has 0 bridgehead atoms. The van der Waals surface area contributed by atoms with E-state index in [2.05, 4.69) is 4.98 Å². The number of thiazole rings is 1. The number of nitrogens with zero attached hydrogens (tertiary/aromatic N) is 2. The molecule has 122 valence electrons. The summed E-state index contributed by atoms with van der Waals surface area (Å²) in [6.45, 7) is 3.22. The van der Waals surface area contributed by atoms with Gasteiger partial charge in [-0.3, -0.25) is 4.79 Å². The third-order valence-corrected chi connectivity index (χ3v) is 4.33. The van der Waals surface area contributed by atoms with Gasteiger partial charge in [0.2, 0.25) is 0 Å². The SMILES string of the molecule is Cc1nc(-c2ccc(F)cc2)sc1C(=O)O[C@H](C)C(=O)N(C)C. The Labute approximate surface area is 137 Å². The predicted molar refractivity (Wildman–Crippen MR) is 85.8 cm³/mol. The maximum Gasteiger partial charge on any atom is 0.351 e. The van der Waals surface area contributed by atoms with Crippen LogP contribution in [-0.2, 0) is 9.53 Å². The number of hydrogen-bond acceptors (Lipinski definition) is 5. The molecule has 7 heteroatoms. The highest BCUT2D eigenvalue weighted by Crippen LogP contribution is 2.28. The normalized spacial score (nSPS) is 11.9. The second-order valence-corrected chi connectivity index (χ2v) is 6.22. The third-order valence-electron chi connectivity index (χ3n) is 3.15. The lowest BCUT2D eigenvalue weighted by molar-refractivity contribution is -0.137. The van der Waals surface area contributed by atoms with E-state index >= 15 is 0 Å². The van der Waals surface area contributed by atoms with Crippen molar-refractivity contribution in [1.82, 2.24) is 9.88 Å². The summed E-state index contributed by atoms with van der Waals surface area (Å²) in [6.07, 6.45) is -0.867. The van der Waals surface area contributed by atoms with Gasteiger partial charge < -0.3 is 9.64 Å². The molecule has 0 N–H and O–H groups in total. The Balaban J connectivity index is 2.19. The van der Waals surface area contributed by atoms with Crippen molar-refractivity contribution in [3.63, 3.8) is 0 Å². The maximum atomic E-state index is 13.0. The molecule has 1 heterocycles. The van der Waals surface area contributed by atoms with Gasteiger partial charge in [0.1, 0.15) is 15.7 Å². The van der Waals surface area contributed by atoms with Crippen LogP contribution in [0, 0.1) is 12.7 Å². The van der Waals surface area contributed by atoms with Crippen LogP contribution in [0.25, 0.3) is 10.6 Å². The fourth-order valence-electron chi connectivity index (χ4n) is 1.93. The number of aromatic nitrogens is 1. The van der Waals surface area contributed by atoms with E-state index in [1.165, 1.54) is 24.0 Å². The summed E-state index contributed by atoms with van der Waals surface area (Å²) >= 11 is 1.16. The predicted octanol–water partition coefficient (Wildman–Crippen LogP) is 2.89. The smallest absolute Gasteiger partial charge is 0.351 e. The number of halogens is 1. The summed E-state index contributed by atoms with van der Waals surface area (Å²) < 4.78 is 18.2. The van der Waals surface area contributed by atoms with E-state index in [4.69, 9.17) is 4.74 Å². The molecule has 5 nitrogen and oxygen atoms in total. The van der Waals surface area contributed by atoms with Crippen LogP contribution in [0.4, 0.5) is 4.39 Å². The quantitative estimate of drug-likeness (QED) is 0.806. The minimum absolute atomic E-state index is 0.292. The van der Waals surface area contributed by atoms with E-state index in [-0.39, 0.29) is 11.7 Å². The highest BCUT2D eigenvalue weighted by molar-refractivity contribution is 7.17. The lowest BCUT2D eigenvalue weighted by atomic mass is 10.2. The first kappa shape index (κ1) is 17.1. The van der Waals surface area contributed by atoms with Gasteiger partial charge >= 0.3 is 5.97 Å². The molecule has 1 aromatic heterocycles. The van der Waals surface area contributed by atoms with Crippen molar-refractivity contribution < 1.29 is 18.7 Å². The number of esters is 1. The Morgan fingerprint density at radius 2 is 1.87 bits per heavy atom. The molecule has 1 atom stereocenters. The summed E-state index contributed by atoms with van der Waals surface area (Å²) in [4.78, 5) is 30.0. The van der Waals surface area contributed by atoms with Gasteiger partial charge in [-0.1, -0.05) is 0 Å². The number of carbonyl (C=O) groups excluding carboxylic acids is 2. The highest BCUT2D eigenvalue weighted by Gasteiger charge is 2.23. The number of aryl methyl sites for hydroxylation is 1. The Morgan fingerprint density at radius 3 is 2.43 bits per heavy atom. The molecule has 0 aliphatic rings. The summed E-state index contributed by atoms with van der Waals surface area (Å²) in [7, 11) is 3.19. The molecule has 1 aromatic carbocycles. The Morgan fingerprint density at radius 1 is 1.26 bits per heavy atom. The van der Waals surface area contributed by atoms with Crippen molar-refractivity contribution in [3.8, 4) is 10.6 Å². The molecule has 0 aliphatic heterocycles. The van der Waals surface area contributed by atoms with Gasteiger partial charge in [0.15, 0.2) is 6.10 Å². The van der Waals surface area contributed by atoms with Crippen molar-refractivity contribution in [3.05, 3.63) is 40.7 Å². The van der Waals surface area contributed by atoms with Crippen LogP contribution in [0.2, 0.25) is 0 Å². The van der Waals surface area contributed by atoms with E-state index in [1.54, 1.807) is 33.2 Å². The van der Waals surface area contributed by atoms with Crippen LogP contribution in [0.15, 0.2) is 24.3 Å². The molecule has 23 heavy (non-hydrogen) atoms. The summed E-state index contributed by atoms with van der Waals surface area (Å²) in [5.74, 6) is -1.21. The lowest BCUT2D eigenvalue weighted by Crippen LogP contribution is -2.34. The van der Waals surface area contributed by atoms with E-state index in [9.17, 15) is 14.0 Å². The van der Waals surface area contributed by atoms with Gasteiger partial charge in [0.05, 0.1) is 5.69 Å². The first-order chi connectivity index (χ1) is 10.8. The number of benzene rings is 1. The van der Waals surface area contributed by atoms with E-state index in [1.807, 2.05) is 0 Å². The average molecular weight is 336 g/mol. The van der Waals surface area contributed by atoms with Gasteiger partial charge in [0.25, 0.3) is 5.91 Å². The molecule has 1 amide bonds. The molecular weight excluding hydrogens is 319 g/mol. The first-order valence-corrected chi connectivity index (χ1v) is 7.76. The van der Waals surface area contributed by atoms with Crippen LogP contribution in [0.3, 0.4) is 0 Å². The lowest BCUT2D eigenvalue weighted by Gasteiger charge is -2.16. The molecule has 0 spiro atoms. The van der Waals surface area contributed by atoms with Gasteiger partial charge in [-0.2, -0.15) is 0 Å². The fraction of sp³-hybridized carbons (Fsp3) is 0.312. The van der Waals surface area contributed by atoms with Crippen LogP contribution in [0.5, 0.6) is 0 Å². The number of rotatable bonds is 4. The molecule has 0 radical (unpaired) electrons. The minimum Gasteiger partial charge on any atom is -0.448 e. The maximum absolute atomic E-state index is 13.0. The van der Waals surface area contributed by atoms with E-state index in [0.29, 0.717) is 15.6 Å². The third kappa shape index (κ3) is 3.92. The minimum atomic E-state index is -0.867. The van der Waals surface area contributed by atoms with Crippen molar-refractivity contribution >= 4 is 23.2 Å². The number of amides is 1. The second kappa shape index (κ2) is 6.87. The van der Waals surface area contributed by atoms with Crippen LogP contribution >= 0.6 is 11.3 Å². The van der Waals surface area contributed by atoms with E-state index < -0.39 is 12.1 Å². The van der Waals surface area contributed by atoms with Crippen LogP contribution in [-0.4, -0.2) is 42.0 Å². The molecule has 0 fully saturated rings. The zero-order valence-electron chi connectivity index (χ0n) is 13.3. The van der Waals surface area contributed by atoms with Crippen LogP contribution < -0.4 is 0 Å². The monoisotopic (exact) mass is 336 g/mol. The standard InChI is InChI=1S/C16H17FN2O3S/c1-9-13(16(21)22-10(2)15(20)19(3)4)23-14(18-9)11-5-7-12(17)8-6-11/h5-8,10H,1-4H3/t10-/m1/s1. The summed E-state index contributed by atoms with van der Waals surface area (Å²) in [5, 5.41) is 0.598. The van der Waals surface area contributed by atoms with Crippen LogP contribution in [0.1, 0.15) is 22.3 Å². The van der Waals surface area contributed by atoms with Gasteiger partial charge in [-0.05, 0) is 38.1 Å². The van der Waals surface area contributed by atoms with Gasteiger partial charge in [0, 0.05) is 19.7 Å². The van der Waals surface area contributed by atoms with Gasteiger partial charge in [-0.25, -0.2) is 14.2 Å². The largest absolute Gasteiger partial charge is 0.448 e. The van der Waals surface area contributed by atoms with Crippen molar-refractivity contribution in [1.29, 1.82) is 0 Å². The van der Waals surface area contributed by atoms with Crippen molar-refractivity contribution in [2.24, 2.45) is 0 Å². The molecule has 2 rings (SSSR count). The molecule has 0 saturated heterocycles. The number of likely N-dealkylation sites (N-methyl/N-ethyl adjacent to an activating group) is 1. The summed E-state index contributed by atoms with van der Waals surface area (Å²) in [5.41, 5.74) is 1.24. The average Bonchev–Trinajstić information content (AvgIpc) is 2.89. The van der Waals surface area contributed by atoms with Crippen molar-refractivity contribution in [2.45, 2.75) is 20.0 Å². The summed E-state index contributed by atoms with van der Waals surface area (Å²) in [6, 6.07) is 5.87. The fourth-order valence-corrected chi connectivity index (χ4v) is 2.88. The molecule has 2 aromatic rings. The Hall–Kier alpha value is -2.28. The molecule has 0 aliphatic carbocycles.